The summed E-state index contributed by atoms with van der Waals surface area (Å²) >= 11 is 0. The predicted octanol–water partition coefficient (Wildman–Crippen LogP) is -5.28. The fourth-order valence-electron chi connectivity index (χ4n) is 13.2. The molecule has 0 bridgehead atoms. The average Bonchev–Trinajstić information content (AvgIpc) is 1.64. The maximum absolute atomic E-state index is 14.6. The first-order chi connectivity index (χ1) is 53.2. The summed E-state index contributed by atoms with van der Waals surface area (Å²) in [6.45, 7) is 3.91. The van der Waals surface area contributed by atoms with Crippen molar-refractivity contribution < 1.29 is 90.5 Å². The third-order valence-corrected chi connectivity index (χ3v) is 19.1. The largest absolute Gasteiger partial charge is 0.480 e. The van der Waals surface area contributed by atoms with E-state index in [0.717, 1.165) is 0 Å². The number of primary amides is 1. The highest BCUT2D eigenvalue weighted by Crippen LogP contribution is 2.25. The highest BCUT2D eigenvalue weighted by atomic mass is 19.2. The summed E-state index contributed by atoms with van der Waals surface area (Å²) in [6, 6.07) is -16.0. The van der Waals surface area contributed by atoms with E-state index < -0.39 is 198 Å². The first-order valence-corrected chi connectivity index (χ1v) is 37.6. The number of benzene rings is 1. The SMILES string of the molecule is CCCC[C@H](NC(=O)[C@@H]1CCCN1C(=O)CNC(=O)[C@H](CCCCN)NC(=O)[C@H](Cc1cnc[nH]1)NC(=O)[C@H](CO)NC(=O)[C@H](CC(C)C)NC(=O)[C@H](CCCN=C(N)N)NC(=O)[C@@H]1CCCN1C(=O)[C@H](CCCN=C(N)N)NC(=O)[C@@H](N)CCC(N)=O)C(=O)N1CCC[C@H]1C(=O)N[C@@H](Cc1cc(F)c(F)cc1F)C(=O)O. The molecule has 622 valence electrons. The lowest BCUT2D eigenvalue weighted by atomic mass is 10.0. The zero-order chi connectivity index (χ0) is 82.9. The molecule has 26 N–H and O–H groups in total. The van der Waals surface area contributed by atoms with Gasteiger partial charge in [-0.3, -0.25) is 72.3 Å². The van der Waals surface area contributed by atoms with Gasteiger partial charge in [0.1, 0.15) is 72.3 Å². The van der Waals surface area contributed by atoms with Gasteiger partial charge in [-0.05, 0) is 127 Å². The number of imidazole rings is 1. The van der Waals surface area contributed by atoms with E-state index >= 15 is 0 Å². The summed E-state index contributed by atoms with van der Waals surface area (Å²) in [5.74, 6) is -17.4. The van der Waals surface area contributed by atoms with Gasteiger partial charge in [0.05, 0.1) is 25.5 Å². The maximum Gasteiger partial charge on any atom is 0.326 e. The smallest absolute Gasteiger partial charge is 0.326 e. The van der Waals surface area contributed by atoms with Crippen LogP contribution in [-0.2, 0) is 80.0 Å². The molecule has 0 radical (unpaired) electrons. The van der Waals surface area contributed by atoms with Gasteiger partial charge in [0, 0.05) is 69.9 Å². The predicted molar refractivity (Wildman–Crippen MR) is 398 cm³/mol. The first kappa shape index (κ1) is 91.8. The Balaban J connectivity index is 1.27. The number of rotatable bonds is 47. The molecule has 0 unspecified atom stereocenters. The Hall–Kier alpha value is -10.8. The van der Waals surface area contributed by atoms with Crippen LogP contribution in [0.3, 0.4) is 0 Å². The zero-order valence-electron chi connectivity index (χ0n) is 63.3. The Kier molecular flexibility index (Phi) is 37.8. The van der Waals surface area contributed by atoms with Crippen LogP contribution >= 0.6 is 0 Å². The molecular formula is C70H110F3N23O16. The number of nitrogens with one attached hydrogen (secondary N) is 10. The number of carbonyl (C=O) groups excluding carboxylic acids is 13. The summed E-state index contributed by atoms with van der Waals surface area (Å²) in [6.07, 6.45) is 4.27. The van der Waals surface area contributed by atoms with Gasteiger partial charge in [-0.1, -0.05) is 33.6 Å². The van der Waals surface area contributed by atoms with Gasteiger partial charge in [0.15, 0.2) is 23.6 Å². The van der Waals surface area contributed by atoms with E-state index in [9.17, 15) is 90.5 Å². The molecular weight excluding hydrogens is 1480 g/mol. The van der Waals surface area contributed by atoms with Crippen molar-refractivity contribution in [3.05, 3.63) is 53.4 Å². The van der Waals surface area contributed by atoms with E-state index in [0.29, 0.717) is 50.3 Å². The molecule has 2 aromatic rings. The number of carbonyl (C=O) groups is 14. The summed E-state index contributed by atoms with van der Waals surface area (Å²) in [7, 11) is 0. The molecule has 39 nitrogen and oxygen atoms in total. The highest BCUT2D eigenvalue weighted by Gasteiger charge is 2.44. The maximum atomic E-state index is 14.6. The normalized spacial score (nSPS) is 17.7. The second-order valence-electron chi connectivity index (χ2n) is 28.3. The van der Waals surface area contributed by atoms with Gasteiger partial charge in [-0.25, -0.2) is 22.9 Å². The van der Waals surface area contributed by atoms with Crippen LogP contribution in [-0.4, -0.2) is 254 Å². The number of guanidine groups is 2. The number of hydrogen-bond acceptors (Lipinski definition) is 20. The number of likely N-dealkylation sites (tertiary alicyclic amines) is 3. The van der Waals surface area contributed by atoms with Crippen molar-refractivity contribution in [2.45, 2.75) is 228 Å². The minimum absolute atomic E-state index is 0.00785. The molecule has 3 aliphatic heterocycles. The van der Waals surface area contributed by atoms with Gasteiger partial charge in [0.25, 0.3) is 0 Å². The standard InChI is InChI=1S/C70H110F3N23O16/c1-4-5-13-46(66(109)96-27-12-19-54(96)65(108)92-50(68(111)112)30-38-29-41(72)42(73)32-40(38)71)89-63(106)52-17-10-25-94(52)56(99)34-84-58(101)44(14-6-7-22-74)86-61(104)49(31-39-33-81-36-85-39)91-62(105)51(35-97)93-60(103)48(28-37(2)3)90-59(102)45(15-8-23-82-69(77)78)87-64(107)53-18-11-26-95(53)67(110)47(16-9-24-83-70(79)80)88-57(100)43(75)20-21-55(76)98/h29,32-33,36-37,43-54,97H,4-28,30-31,34-35,74-75H2,1-3H3,(H2,76,98)(H,81,85)(H,84,101)(H,86,104)(H,87,107)(H,88,100)(H,89,106)(H,90,102)(H,91,105)(H,92,108)(H,93,103)(H,111,112)(H4,77,78,82)(H4,79,80,83)/t43-,44-,45-,46-,47-,48-,49-,50-,51-,52-,53-,54-/m0/s1. The van der Waals surface area contributed by atoms with Crippen LogP contribution in [0.1, 0.15) is 154 Å². The molecule has 3 saturated heterocycles. The number of nitrogens with two attached hydrogens (primary N) is 7. The van der Waals surface area contributed by atoms with E-state index in [1.165, 1.54) is 27.2 Å². The number of halogens is 3. The van der Waals surface area contributed by atoms with E-state index in [2.05, 4.69) is 67.8 Å². The Morgan fingerprint density at radius 1 is 0.554 bits per heavy atom. The summed E-state index contributed by atoms with van der Waals surface area (Å²) in [5.41, 5.74) is 39.0. The van der Waals surface area contributed by atoms with E-state index in [-0.39, 0.29) is 153 Å². The fraction of sp³-hybridized carbons (Fsp3) is 0.643. The molecule has 12 atom stereocenters. The van der Waals surface area contributed by atoms with Crippen LogP contribution in [0.15, 0.2) is 34.6 Å². The molecule has 42 heteroatoms. The van der Waals surface area contributed by atoms with Crippen molar-refractivity contribution in [3.63, 3.8) is 0 Å². The molecule has 3 aliphatic rings. The van der Waals surface area contributed by atoms with Crippen LogP contribution in [0.4, 0.5) is 13.2 Å². The van der Waals surface area contributed by atoms with Gasteiger partial charge in [-0.15, -0.1) is 0 Å². The van der Waals surface area contributed by atoms with E-state index in [1.54, 1.807) is 13.8 Å². The van der Waals surface area contributed by atoms with Gasteiger partial charge in [0.2, 0.25) is 76.8 Å². The van der Waals surface area contributed by atoms with Gasteiger partial charge < -0.3 is 118 Å². The summed E-state index contributed by atoms with van der Waals surface area (Å²) in [4.78, 5) is 212. The number of H-pyrrole nitrogens is 1. The molecule has 1 aromatic carbocycles. The first-order valence-electron chi connectivity index (χ1n) is 37.6. The third kappa shape index (κ3) is 29.1. The number of hydrogen-bond donors (Lipinski definition) is 19. The Labute approximate surface area is 645 Å². The van der Waals surface area contributed by atoms with Crippen molar-refractivity contribution in [3.8, 4) is 0 Å². The molecule has 5 rings (SSSR count). The Bertz CT molecular complexity index is 3640. The number of carboxylic acids is 1. The van der Waals surface area contributed by atoms with Gasteiger partial charge in [-0.2, -0.15) is 0 Å². The molecule has 13 amide bonds. The van der Waals surface area contributed by atoms with Crippen LogP contribution in [0, 0.1) is 23.4 Å². The lowest BCUT2D eigenvalue weighted by Gasteiger charge is -2.31. The number of aliphatic imine (C=N–C) groups is 2. The van der Waals surface area contributed by atoms with Crippen LogP contribution < -0.4 is 88.0 Å². The molecule has 3 fully saturated rings. The molecule has 4 heterocycles. The molecule has 112 heavy (non-hydrogen) atoms. The average molecular weight is 1590 g/mol. The summed E-state index contributed by atoms with van der Waals surface area (Å²) in [5, 5.41) is 43.7. The number of aliphatic hydroxyl groups excluding tert-OH is 1. The number of unbranched alkanes of at least 4 members (excludes halogenated alkanes) is 2. The van der Waals surface area contributed by atoms with Gasteiger partial charge >= 0.3 is 5.97 Å². The number of aliphatic hydroxyl groups is 1. The number of carboxylic acid groups (broad SMARTS) is 1. The molecule has 0 spiro atoms. The zero-order valence-corrected chi connectivity index (χ0v) is 63.3. The van der Waals surface area contributed by atoms with Crippen molar-refractivity contribution >= 4 is 94.7 Å². The number of nitrogens with zero attached hydrogens (tertiary/aromatic N) is 6. The quantitative estimate of drug-likeness (QED) is 0.0127. The Morgan fingerprint density at radius 2 is 1.02 bits per heavy atom. The third-order valence-electron chi connectivity index (χ3n) is 19.1. The molecule has 0 saturated carbocycles. The van der Waals surface area contributed by atoms with E-state index in [4.69, 9.17) is 40.1 Å². The van der Waals surface area contributed by atoms with Crippen molar-refractivity contribution in [1.29, 1.82) is 0 Å². The van der Waals surface area contributed by atoms with Crippen molar-refractivity contribution in [2.75, 3.05) is 52.4 Å². The lowest BCUT2D eigenvalue weighted by molar-refractivity contribution is -0.145. The summed E-state index contributed by atoms with van der Waals surface area (Å²) < 4.78 is 42.2. The monoisotopic (exact) mass is 1590 g/mol. The number of aliphatic carboxylic acids is 1. The van der Waals surface area contributed by atoms with Crippen molar-refractivity contribution in [1.82, 2.24) is 72.5 Å². The minimum atomic E-state index is -1.82. The van der Waals surface area contributed by atoms with Crippen LogP contribution in [0.5, 0.6) is 0 Å². The lowest BCUT2D eigenvalue weighted by Crippen LogP contribution is -2.61. The van der Waals surface area contributed by atoms with Crippen LogP contribution in [0.2, 0.25) is 0 Å². The molecule has 0 aliphatic carbocycles. The Morgan fingerprint density at radius 3 is 1.55 bits per heavy atom. The number of aromatic nitrogens is 2. The number of amides is 13. The van der Waals surface area contributed by atoms with E-state index in [1.807, 2.05) is 6.92 Å². The number of aromatic amines is 1. The second kappa shape index (κ2) is 46.1. The minimum Gasteiger partial charge on any atom is -0.480 e. The van der Waals surface area contributed by atoms with Crippen molar-refractivity contribution in [2.24, 2.45) is 56.0 Å². The fourth-order valence-corrected chi connectivity index (χ4v) is 13.2. The second-order valence-corrected chi connectivity index (χ2v) is 28.3. The topological polar surface area (TPSA) is 633 Å². The van der Waals surface area contributed by atoms with Crippen LogP contribution in [0.25, 0.3) is 0 Å². The highest BCUT2D eigenvalue weighted by molar-refractivity contribution is 6.00. The molecule has 1 aromatic heterocycles.